The van der Waals surface area contributed by atoms with Crippen LogP contribution in [0.3, 0.4) is 0 Å². The van der Waals surface area contributed by atoms with Gasteiger partial charge in [0.2, 0.25) is 0 Å². The van der Waals surface area contributed by atoms with Gasteiger partial charge in [0.25, 0.3) is 0 Å². The fourth-order valence-electron chi connectivity index (χ4n) is 1.59. The lowest BCUT2D eigenvalue weighted by molar-refractivity contribution is 1.12. The van der Waals surface area contributed by atoms with Gasteiger partial charge in [-0.15, -0.1) is 0 Å². The molecule has 0 saturated heterocycles. The van der Waals surface area contributed by atoms with Gasteiger partial charge in [-0.2, -0.15) is 0 Å². The van der Waals surface area contributed by atoms with Gasteiger partial charge in [0.1, 0.15) is 0 Å². The van der Waals surface area contributed by atoms with Crippen molar-refractivity contribution in [1.82, 2.24) is 0 Å². The number of hydrogen-bond donors (Lipinski definition) is 0. The number of aryl methyl sites for hydroxylation is 2. The molecule has 1 aromatic rings. The highest BCUT2D eigenvalue weighted by Crippen LogP contribution is 2.21. The topological polar surface area (TPSA) is 0 Å². The van der Waals surface area contributed by atoms with Crippen LogP contribution in [-0.2, 0) is 6.42 Å². The van der Waals surface area contributed by atoms with Crippen molar-refractivity contribution in [3.05, 3.63) is 53.6 Å². The second kappa shape index (κ2) is 4.80. The van der Waals surface area contributed by atoms with E-state index in [0.29, 0.717) is 0 Å². The zero-order chi connectivity index (χ0) is 10.6. The van der Waals surface area contributed by atoms with E-state index in [9.17, 15) is 0 Å². The molecule has 0 aliphatic rings. The first-order valence-corrected chi connectivity index (χ1v) is 5.10. The van der Waals surface area contributed by atoms with E-state index in [0.717, 1.165) is 12.0 Å². The fraction of sp³-hybridized carbons (Fsp3) is 0.286. The van der Waals surface area contributed by atoms with E-state index < -0.39 is 0 Å². The van der Waals surface area contributed by atoms with E-state index in [2.05, 4.69) is 44.7 Å². The lowest BCUT2D eigenvalue weighted by atomic mass is 9.97. The Bertz CT molecular complexity index is 356. The lowest BCUT2D eigenvalue weighted by Gasteiger charge is -2.08. The maximum atomic E-state index is 4.08. The Labute approximate surface area is 87.0 Å². The quantitative estimate of drug-likeness (QED) is 0.622. The minimum absolute atomic E-state index is 1.06. The molecule has 0 bridgehead atoms. The molecule has 0 amide bonds. The summed E-state index contributed by atoms with van der Waals surface area (Å²) in [6, 6.07) is 6.56. The molecule has 0 heteroatoms. The van der Waals surface area contributed by atoms with Crippen molar-refractivity contribution >= 4 is 5.57 Å². The largest absolute Gasteiger partial charge is 0.0912 e. The third-order valence-electron chi connectivity index (χ3n) is 2.36. The number of hydrogen-bond acceptors (Lipinski definition) is 0. The second-order valence-corrected chi connectivity index (χ2v) is 3.54. The van der Waals surface area contributed by atoms with Crippen LogP contribution in [0.4, 0.5) is 0 Å². The third kappa shape index (κ3) is 2.35. The molecular weight excluding hydrogens is 168 g/mol. The van der Waals surface area contributed by atoms with Crippen molar-refractivity contribution in [2.24, 2.45) is 0 Å². The predicted molar refractivity (Wildman–Crippen MR) is 64.4 cm³/mol. The molecule has 1 aromatic carbocycles. The Morgan fingerprint density at radius 2 is 2.14 bits per heavy atom. The zero-order valence-corrected chi connectivity index (χ0v) is 9.30. The summed E-state index contributed by atoms with van der Waals surface area (Å²) >= 11 is 0. The highest BCUT2D eigenvalue weighted by atomic mass is 14.1. The molecular formula is C14H18. The highest BCUT2D eigenvalue weighted by molar-refractivity contribution is 5.74. The summed E-state index contributed by atoms with van der Waals surface area (Å²) in [6.45, 7) is 10.4. The highest BCUT2D eigenvalue weighted by Gasteiger charge is 2.02. The Hall–Kier alpha value is -1.30. The summed E-state index contributed by atoms with van der Waals surface area (Å²) in [6.07, 6.45) is 5.16. The van der Waals surface area contributed by atoms with Crippen LogP contribution >= 0.6 is 0 Å². The standard InChI is InChI=1S/C14H18/c1-5-7-12(4)14-10-11(3)8-9-13(14)6-2/h5,7-10H,4,6H2,1-3H3/b7-5-. The summed E-state index contributed by atoms with van der Waals surface area (Å²) in [4.78, 5) is 0. The third-order valence-corrected chi connectivity index (χ3v) is 2.36. The molecule has 14 heavy (non-hydrogen) atoms. The Balaban J connectivity index is 3.16. The van der Waals surface area contributed by atoms with Crippen LogP contribution in [0.5, 0.6) is 0 Å². The maximum absolute atomic E-state index is 4.08. The number of rotatable bonds is 3. The van der Waals surface area contributed by atoms with Gasteiger partial charge in [-0.1, -0.05) is 49.4 Å². The van der Waals surface area contributed by atoms with Crippen LogP contribution in [0, 0.1) is 6.92 Å². The summed E-state index contributed by atoms with van der Waals surface area (Å²) < 4.78 is 0. The van der Waals surface area contributed by atoms with Gasteiger partial charge in [-0.05, 0) is 37.0 Å². The Morgan fingerprint density at radius 1 is 1.43 bits per heavy atom. The van der Waals surface area contributed by atoms with E-state index in [1.54, 1.807) is 0 Å². The molecule has 0 aliphatic carbocycles. The summed E-state index contributed by atoms with van der Waals surface area (Å²) in [5, 5.41) is 0. The smallest absolute Gasteiger partial charge is 0.0155 e. The Morgan fingerprint density at radius 3 is 2.71 bits per heavy atom. The lowest BCUT2D eigenvalue weighted by Crippen LogP contribution is -1.90. The van der Waals surface area contributed by atoms with Gasteiger partial charge in [-0.25, -0.2) is 0 Å². The van der Waals surface area contributed by atoms with Crippen molar-refractivity contribution in [1.29, 1.82) is 0 Å². The van der Waals surface area contributed by atoms with Crippen LogP contribution in [-0.4, -0.2) is 0 Å². The average molecular weight is 186 g/mol. The number of benzene rings is 1. The van der Waals surface area contributed by atoms with Gasteiger partial charge < -0.3 is 0 Å². The summed E-state index contributed by atoms with van der Waals surface area (Å²) in [5.41, 5.74) is 5.06. The van der Waals surface area contributed by atoms with Crippen molar-refractivity contribution in [3.63, 3.8) is 0 Å². The van der Waals surface area contributed by atoms with Crippen LogP contribution in [0.2, 0.25) is 0 Å². The minimum atomic E-state index is 1.06. The molecule has 0 unspecified atom stereocenters. The van der Waals surface area contributed by atoms with Crippen molar-refractivity contribution in [2.45, 2.75) is 27.2 Å². The van der Waals surface area contributed by atoms with E-state index in [1.165, 1.54) is 16.7 Å². The average Bonchev–Trinajstić information content (AvgIpc) is 2.18. The minimum Gasteiger partial charge on any atom is -0.0912 e. The predicted octanol–water partition coefficient (Wildman–Crippen LogP) is 4.15. The van der Waals surface area contributed by atoms with Gasteiger partial charge in [0.05, 0.1) is 0 Å². The first kappa shape index (κ1) is 10.8. The second-order valence-electron chi connectivity index (χ2n) is 3.54. The molecule has 0 atom stereocenters. The molecule has 0 fully saturated rings. The molecule has 0 nitrogen and oxygen atoms in total. The Kier molecular flexibility index (Phi) is 3.70. The van der Waals surface area contributed by atoms with Gasteiger partial charge in [0, 0.05) is 0 Å². The normalized spacial score (nSPS) is 10.8. The van der Waals surface area contributed by atoms with Gasteiger partial charge >= 0.3 is 0 Å². The van der Waals surface area contributed by atoms with Gasteiger partial charge in [0.15, 0.2) is 0 Å². The fourth-order valence-corrected chi connectivity index (χ4v) is 1.59. The molecule has 0 saturated carbocycles. The van der Waals surface area contributed by atoms with Crippen molar-refractivity contribution in [2.75, 3.05) is 0 Å². The molecule has 0 aliphatic heterocycles. The van der Waals surface area contributed by atoms with E-state index in [1.807, 2.05) is 13.0 Å². The van der Waals surface area contributed by atoms with Crippen LogP contribution in [0.1, 0.15) is 30.5 Å². The van der Waals surface area contributed by atoms with E-state index in [4.69, 9.17) is 0 Å². The summed E-state index contributed by atoms with van der Waals surface area (Å²) in [7, 11) is 0. The van der Waals surface area contributed by atoms with E-state index in [-0.39, 0.29) is 0 Å². The zero-order valence-electron chi connectivity index (χ0n) is 9.30. The van der Waals surface area contributed by atoms with Crippen LogP contribution in [0.15, 0.2) is 36.9 Å². The van der Waals surface area contributed by atoms with Crippen LogP contribution in [0.25, 0.3) is 5.57 Å². The van der Waals surface area contributed by atoms with E-state index >= 15 is 0 Å². The molecule has 0 radical (unpaired) electrons. The van der Waals surface area contributed by atoms with Gasteiger partial charge in [-0.3, -0.25) is 0 Å². The number of allylic oxidation sites excluding steroid dienone is 3. The molecule has 0 aromatic heterocycles. The van der Waals surface area contributed by atoms with Crippen molar-refractivity contribution < 1.29 is 0 Å². The first-order valence-electron chi connectivity index (χ1n) is 5.10. The molecule has 0 N–H and O–H groups in total. The van der Waals surface area contributed by atoms with Crippen molar-refractivity contribution in [3.8, 4) is 0 Å². The molecule has 0 heterocycles. The molecule has 1 rings (SSSR count). The monoisotopic (exact) mass is 186 g/mol. The SMILES string of the molecule is C=C(/C=C\C)c1cc(C)ccc1CC. The first-order chi connectivity index (χ1) is 6.69. The molecule has 0 spiro atoms. The van der Waals surface area contributed by atoms with Crippen LogP contribution < -0.4 is 0 Å². The maximum Gasteiger partial charge on any atom is -0.0155 e. The summed E-state index contributed by atoms with van der Waals surface area (Å²) in [5.74, 6) is 0. The molecule has 74 valence electrons.